The van der Waals surface area contributed by atoms with Crippen LogP contribution < -0.4 is 18.9 Å². The van der Waals surface area contributed by atoms with Gasteiger partial charge in [0, 0.05) is 5.92 Å². The van der Waals surface area contributed by atoms with Gasteiger partial charge < -0.3 is 17.1 Å². The number of hydrogen-bond acceptors (Lipinski definition) is 2. The Kier molecular flexibility index (Phi) is 13.0. The number of aliphatic hydroxyl groups is 2. The van der Waals surface area contributed by atoms with Gasteiger partial charge in [0.25, 0.3) is 0 Å². The second-order valence-electron chi connectivity index (χ2n) is 3.28. The van der Waals surface area contributed by atoms with Crippen LogP contribution in [0.5, 0.6) is 0 Å². The minimum absolute atomic E-state index is 0. The first-order chi connectivity index (χ1) is 5.72. The summed E-state index contributed by atoms with van der Waals surface area (Å²) in [6.45, 7) is 5.75. The summed E-state index contributed by atoms with van der Waals surface area (Å²) in [6.07, 6.45) is 5.03. The van der Waals surface area contributed by atoms with Crippen molar-refractivity contribution in [1.29, 1.82) is 0 Å². The fourth-order valence-corrected chi connectivity index (χ4v) is 1.32. The van der Waals surface area contributed by atoms with Crippen molar-refractivity contribution in [2.24, 2.45) is 5.92 Å². The molecule has 74 valence electrons. The molecule has 0 aromatic carbocycles. The van der Waals surface area contributed by atoms with Gasteiger partial charge in [-0.2, -0.15) is 6.42 Å². The maximum Gasteiger partial charge on any atom is 1.00 e. The van der Waals surface area contributed by atoms with E-state index in [1.807, 2.05) is 6.92 Å². The monoisotopic (exact) mass is 180 g/mol. The van der Waals surface area contributed by atoms with E-state index in [9.17, 15) is 0 Å². The van der Waals surface area contributed by atoms with Gasteiger partial charge in [-0.25, -0.2) is 0 Å². The van der Waals surface area contributed by atoms with Crippen LogP contribution in [0.2, 0.25) is 0 Å². The number of unbranched alkanes of at least 4 members (excludes halogenated alkanes) is 3. The molecule has 2 N–H and O–H groups in total. The summed E-state index contributed by atoms with van der Waals surface area (Å²) in [4.78, 5) is 0. The number of rotatable bonds is 7. The SMILES string of the molecule is [CH2-]CCCCCC(CC)C(O)O.[Li+]. The van der Waals surface area contributed by atoms with Gasteiger partial charge in [0.2, 0.25) is 0 Å². The first-order valence-electron chi connectivity index (χ1n) is 4.87. The Balaban J connectivity index is 0. The van der Waals surface area contributed by atoms with Crippen molar-refractivity contribution in [2.45, 2.75) is 51.7 Å². The molecule has 0 radical (unpaired) electrons. The molecule has 0 amide bonds. The second kappa shape index (κ2) is 10.6. The molecule has 1 unspecified atom stereocenters. The van der Waals surface area contributed by atoms with Crippen LogP contribution >= 0.6 is 0 Å². The maximum absolute atomic E-state index is 8.91. The Hall–Kier alpha value is 0.517. The smallest absolute Gasteiger partial charge is 0.368 e. The molecule has 0 bridgehead atoms. The molecule has 0 rings (SSSR count). The maximum atomic E-state index is 8.91. The molecule has 0 heterocycles. The molecule has 0 aliphatic heterocycles. The van der Waals surface area contributed by atoms with E-state index in [0.717, 1.165) is 38.5 Å². The Morgan fingerprint density at radius 3 is 2.15 bits per heavy atom. The van der Waals surface area contributed by atoms with Crippen LogP contribution in [0.25, 0.3) is 0 Å². The summed E-state index contributed by atoms with van der Waals surface area (Å²) < 4.78 is 0. The van der Waals surface area contributed by atoms with E-state index in [0.29, 0.717) is 0 Å². The summed E-state index contributed by atoms with van der Waals surface area (Å²) >= 11 is 0. The molecule has 0 spiro atoms. The third kappa shape index (κ3) is 8.84. The molecule has 0 aliphatic rings. The topological polar surface area (TPSA) is 40.5 Å². The van der Waals surface area contributed by atoms with Crippen LogP contribution in [0.4, 0.5) is 0 Å². The number of aliphatic hydroxyl groups excluding tert-OH is 1. The molecule has 0 fully saturated rings. The van der Waals surface area contributed by atoms with E-state index >= 15 is 0 Å². The van der Waals surface area contributed by atoms with Gasteiger partial charge in [-0.15, -0.1) is 0 Å². The summed E-state index contributed by atoms with van der Waals surface area (Å²) in [6, 6.07) is 0. The van der Waals surface area contributed by atoms with Crippen molar-refractivity contribution in [3.63, 3.8) is 0 Å². The van der Waals surface area contributed by atoms with Crippen LogP contribution in [0, 0.1) is 12.8 Å². The summed E-state index contributed by atoms with van der Waals surface area (Å²) in [5.74, 6) is 0.0646. The predicted octanol–water partition coefficient (Wildman–Crippen LogP) is -0.888. The van der Waals surface area contributed by atoms with Gasteiger partial charge in [-0.3, -0.25) is 0 Å². The van der Waals surface area contributed by atoms with E-state index in [4.69, 9.17) is 10.2 Å². The fraction of sp³-hybridized carbons (Fsp3) is 0.900. The van der Waals surface area contributed by atoms with Gasteiger partial charge in [0.15, 0.2) is 6.29 Å². The molecule has 13 heavy (non-hydrogen) atoms. The minimum atomic E-state index is -1.13. The second-order valence-corrected chi connectivity index (χ2v) is 3.28. The summed E-state index contributed by atoms with van der Waals surface area (Å²) in [7, 11) is 0. The van der Waals surface area contributed by atoms with Gasteiger partial charge >= 0.3 is 18.9 Å². The van der Waals surface area contributed by atoms with Crippen molar-refractivity contribution in [2.75, 3.05) is 0 Å². The molecule has 1 atom stereocenters. The Morgan fingerprint density at radius 2 is 1.77 bits per heavy atom. The first-order valence-corrected chi connectivity index (χ1v) is 4.87. The molecule has 0 saturated heterocycles. The zero-order chi connectivity index (χ0) is 9.40. The van der Waals surface area contributed by atoms with Crippen LogP contribution in [0.3, 0.4) is 0 Å². The molecular weight excluding hydrogens is 159 g/mol. The minimum Gasteiger partial charge on any atom is -0.368 e. The quantitative estimate of drug-likeness (QED) is 0.231. The molecule has 0 saturated carbocycles. The molecule has 0 aliphatic carbocycles. The van der Waals surface area contributed by atoms with E-state index in [-0.39, 0.29) is 24.8 Å². The van der Waals surface area contributed by atoms with E-state index in [2.05, 4.69) is 6.92 Å². The van der Waals surface area contributed by atoms with E-state index in [1.165, 1.54) is 0 Å². The fourth-order valence-electron chi connectivity index (χ4n) is 1.32. The Morgan fingerprint density at radius 1 is 1.15 bits per heavy atom. The predicted molar refractivity (Wildman–Crippen MR) is 50.4 cm³/mol. The largest absolute Gasteiger partial charge is 1.00 e. The van der Waals surface area contributed by atoms with Crippen LogP contribution in [-0.4, -0.2) is 16.5 Å². The third-order valence-corrected chi connectivity index (χ3v) is 2.27. The zero-order valence-corrected chi connectivity index (χ0v) is 9.00. The van der Waals surface area contributed by atoms with Gasteiger partial charge in [-0.05, 0) is 12.8 Å². The zero-order valence-electron chi connectivity index (χ0n) is 9.00. The molecule has 2 nitrogen and oxygen atoms in total. The molecular formula is C10H21LiO2. The Bertz CT molecular complexity index is 96.9. The normalized spacial score (nSPS) is 12.7. The average molecular weight is 180 g/mol. The van der Waals surface area contributed by atoms with Crippen LogP contribution in [-0.2, 0) is 0 Å². The molecule has 0 aromatic rings. The van der Waals surface area contributed by atoms with Gasteiger partial charge in [0.1, 0.15) is 0 Å². The standard InChI is InChI=1S/C10H21O2.Li/c1-3-5-6-7-8-9(4-2)10(11)12;/h9-12H,1,3-8H2,2H3;/q-1;+1. The van der Waals surface area contributed by atoms with Crippen molar-refractivity contribution in [3.8, 4) is 0 Å². The van der Waals surface area contributed by atoms with E-state index in [1.54, 1.807) is 0 Å². The Labute approximate surface area is 93.9 Å². The van der Waals surface area contributed by atoms with Crippen molar-refractivity contribution >= 4 is 0 Å². The van der Waals surface area contributed by atoms with Crippen molar-refractivity contribution in [1.82, 2.24) is 0 Å². The van der Waals surface area contributed by atoms with Gasteiger partial charge in [-0.1, -0.05) is 26.2 Å². The van der Waals surface area contributed by atoms with Gasteiger partial charge in [0.05, 0.1) is 0 Å². The van der Waals surface area contributed by atoms with Crippen molar-refractivity contribution in [3.05, 3.63) is 6.92 Å². The third-order valence-electron chi connectivity index (χ3n) is 2.27. The first kappa shape index (κ1) is 16.0. The molecule has 3 heteroatoms. The van der Waals surface area contributed by atoms with Crippen molar-refractivity contribution < 1.29 is 29.1 Å². The summed E-state index contributed by atoms with van der Waals surface area (Å²) in [5, 5.41) is 17.8. The summed E-state index contributed by atoms with van der Waals surface area (Å²) in [5.41, 5.74) is 0. The number of hydrogen-bond donors (Lipinski definition) is 2. The van der Waals surface area contributed by atoms with Crippen LogP contribution in [0.1, 0.15) is 45.4 Å². The average Bonchev–Trinajstić information content (AvgIpc) is 2.04. The van der Waals surface area contributed by atoms with E-state index < -0.39 is 6.29 Å². The van der Waals surface area contributed by atoms with Crippen LogP contribution in [0.15, 0.2) is 0 Å². The molecule has 0 aromatic heterocycles.